The van der Waals surface area contributed by atoms with Crippen molar-refractivity contribution in [3.8, 4) is 0 Å². The number of ether oxygens (including phenoxy) is 1. The molecule has 0 amide bonds. The zero-order valence-electron chi connectivity index (χ0n) is 6.17. The third kappa shape index (κ3) is 0.862. The fourth-order valence-corrected chi connectivity index (χ4v) is 1.81. The molecule has 4 heteroatoms. The normalized spacial score (nSPS) is 33.6. The predicted molar refractivity (Wildman–Crippen MR) is 37.3 cm³/mol. The van der Waals surface area contributed by atoms with Crippen LogP contribution in [0.1, 0.15) is 6.42 Å². The maximum absolute atomic E-state index is 10.7. The molecule has 0 aromatic carbocycles. The highest BCUT2D eigenvalue weighted by Gasteiger charge is 2.52. The molecule has 0 aromatic heterocycles. The standard InChI is InChI=1S/C7H11NO3/c9-6(10)5-1-2-11-7(5)3-8-4-7/h5,8H,1-4H2,(H,9,10)/t5-/m0/s1. The van der Waals surface area contributed by atoms with E-state index >= 15 is 0 Å². The second-order valence-electron chi connectivity index (χ2n) is 3.20. The summed E-state index contributed by atoms with van der Waals surface area (Å²) < 4.78 is 5.41. The molecule has 62 valence electrons. The molecule has 2 rings (SSSR count). The number of carboxylic acids is 1. The van der Waals surface area contributed by atoms with Gasteiger partial charge in [0.25, 0.3) is 0 Å². The Bertz CT molecular complexity index is 188. The topological polar surface area (TPSA) is 58.6 Å². The quantitative estimate of drug-likeness (QED) is 0.536. The number of nitrogens with one attached hydrogen (secondary N) is 1. The van der Waals surface area contributed by atoms with Crippen molar-refractivity contribution >= 4 is 5.97 Å². The average molecular weight is 157 g/mol. The Labute approximate surface area is 64.5 Å². The first-order valence-corrected chi connectivity index (χ1v) is 3.82. The fraction of sp³-hybridized carbons (Fsp3) is 0.857. The van der Waals surface area contributed by atoms with Crippen molar-refractivity contribution in [3.05, 3.63) is 0 Å². The minimum Gasteiger partial charge on any atom is -0.481 e. The van der Waals surface area contributed by atoms with Crippen LogP contribution in [0.3, 0.4) is 0 Å². The van der Waals surface area contributed by atoms with Gasteiger partial charge in [0.1, 0.15) is 5.60 Å². The summed E-state index contributed by atoms with van der Waals surface area (Å²) in [5.74, 6) is -1.01. The van der Waals surface area contributed by atoms with Gasteiger partial charge in [-0.25, -0.2) is 0 Å². The zero-order valence-corrected chi connectivity index (χ0v) is 6.17. The van der Waals surface area contributed by atoms with Crippen molar-refractivity contribution in [2.75, 3.05) is 19.7 Å². The first-order valence-electron chi connectivity index (χ1n) is 3.82. The van der Waals surface area contributed by atoms with Crippen molar-refractivity contribution in [2.24, 2.45) is 5.92 Å². The fourth-order valence-electron chi connectivity index (χ4n) is 1.81. The number of carboxylic acid groups (broad SMARTS) is 1. The van der Waals surface area contributed by atoms with Crippen LogP contribution in [0.15, 0.2) is 0 Å². The van der Waals surface area contributed by atoms with Crippen LogP contribution in [0.4, 0.5) is 0 Å². The van der Waals surface area contributed by atoms with Crippen LogP contribution in [0, 0.1) is 5.92 Å². The molecule has 2 N–H and O–H groups in total. The smallest absolute Gasteiger partial charge is 0.309 e. The zero-order chi connectivity index (χ0) is 7.90. The summed E-state index contributed by atoms with van der Waals surface area (Å²) in [5, 5.41) is 11.8. The van der Waals surface area contributed by atoms with E-state index in [0.29, 0.717) is 26.1 Å². The Hall–Kier alpha value is -0.610. The van der Waals surface area contributed by atoms with Crippen molar-refractivity contribution in [3.63, 3.8) is 0 Å². The molecule has 0 aromatic rings. The van der Waals surface area contributed by atoms with Gasteiger partial charge in [-0.1, -0.05) is 0 Å². The number of rotatable bonds is 1. The van der Waals surface area contributed by atoms with Gasteiger partial charge in [0, 0.05) is 19.7 Å². The number of hydrogen-bond donors (Lipinski definition) is 2. The minimum absolute atomic E-state index is 0.288. The van der Waals surface area contributed by atoms with Gasteiger partial charge in [0.05, 0.1) is 5.92 Å². The average Bonchev–Trinajstić information content (AvgIpc) is 2.27. The Morgan fingerprint density at radius 3 is 2.73 bits per heavy atom. The highest BCUT2D eigenvalue weighted by Crippen LogP contribution is 2.35. The lowest BCUT2D eigenvalue weighted by atomic mass is 9.82. The highest BCUT2D eigenvalue weighted by atomic mass is 16.5. The monoisotopic (exact) mass is 157 g/mol. The summed E-state index contributed by atoms with van der Waals surface area (Å²) in [6, 6.07) is 0. The molecular formula is C7H11NO3. The first-order chi connectivity index (χ1) is 5.25. The van der Waals surface area contributed by atoms with Crippen molar-refractivity contribution in [2.45, 2.75) is 12.0 Å². The van der Waals surface area contributed by atoms with Gasteiger partial charge in [-0.05, 0) is 6.42 Å². The van der Waals surface area contributed by atoms with E-state index < -0.39 is 5.97 Å². The van der Waals surface area contributed by atoms with Gasteiger partial charge in [0.2, 0.25) is 0 Å². The van der Waals surface area contributed by atoms with Crippen molar-refractivity contribution in [1.29, 1.82) is 0 Å². The third-order valence-corrected chi connectivity index (χ3v) is 2.58. The molecule has 2 heterocycles. The second-order valence-corrected chi connectivity index (χ2v) is 3.20. The molecule has 0 radical (unpaired) electrons. The molecular weight excluding hydrogens is 146 g/mol. The van der Waals surface area contributed by atoms with Crippen LogP contribution in [0.5, 0.6) is 0 Å². The van der Waals surface area contributed by atoms with Crippen molar-refractivity contribution in [1.82, 2.24) is 5.32 Å². The predicted octanol–water partition coefficient (Wildman–Crippen LogP) is -0.550. The van der Waals surface area contributed by atoms with Gasteiger partial charge in [-0.2, -0.15) is 0 Å². The van der Waals surface area contributed by atoms with E-state index in [9.17, 15) is 4.79 Å². The van der Waals surface area contributed by atoms with Gasteiger partial charge in [-0.3, -0.25) is 4.79 Å². The van der Waals surface area contributed by atoms with E-state index in [1.165, 1.54) is 0 Å². The summed E-state index contributed by atoms with van der Waals surface area (Å²) in [6.07, 6.45) is 0.664. The summed E-state index contributed by atoms with van der Waals surface area (Å²) in [4.78, 5) is 10.7. The maximum Gasteiger partial charge on any atom is 0.309 e. The van der Waals surface area contributed by atoms with Crippen LogP contribution in [0.2, 0.25) is 0 Å². The number of carbonyl (C=O) groups is 1. The summed E-state index contributed by atoms with van der Waals surface area (Å²) in [6.45, 7) is 1.99. The number of hydrogen-bond acceptors (Lipinski definition) is 3. The molecule has 1 spiro atoms. The molecule has 0 saturated carbocycles. The summed E-state index contributed by atoms with van der Waals surface area (Å²) in [7, 11) is 0. The van der Waals surface area contributed by atoms with Gasteiger partial charge in [-0.15, -0.1) is 0 Å². The van der Waals surface area contributed by atoms with Crippen LogP contribution in [-0.4, -0.2) is 36.4 Å². The molecule has 0 bridgehead atoms. The molecule has 2 saturated heterocycles. The van der Waals surface area contributed by atoms with E-state index in [4.69, 9.17) is 9.84 Å². The minimum atomic E-state index is -0.719. The third-order valence-electron chi connectivity index (χ3n) is 2.58. The lowest BCUT2D eigenvalue weighted by molar-refractivity contribution is -0.151. The van der Waals surface area contributed by atoms with E-state index in [-0.39, 0.29) is 11.5 Å². The van der Waals surface area contributed by atoms with Crippen LogP contribution in [0.25, 0.3) is 0 Å². The summed E-state index contributed by atoms with van der Waals surface area (Å²) >= 11 is 0. The molecule has 2 aliphatic heterocycles. The van der Waals surface area contributed by atoms with E-state index in [1.807, 2.05) is 0 Å². The van der Waals surface area contributed by atoms with Crippen LogP contribution in [-0.2, 0) is 9.53 Å². The van der Waals surface area contributed by atoms with Gasteiger partial charge in [0.15, 0.2) is 0 Å². The lowest BCUT2D eigenvalue weighted by Crippen LogP contribution is -2.64. The van der Waals surface area contributed by atoms with Gasteiger partial charge < -0.3 is 15.2 Å². The Morgan fingerprint density at radius 2 is 2.36 bits per heavy atom. The van der Waals surface area contributed by atoms with E-state index in [1.54, 1.807) is 0 Å². The molecule has 2 aliphatic rings. The molecule has 1 atom stereocenters. The number of aliphatic carboxylic acids is 1. The SMILES string of the molecule is O=C(O)[C@@H]1CCOC12CNC2. The Morgan fingerprint density at radius 1 is 1.64 bits per heavy atom. The van der Waals surface area contributed by atoms with E-state index in [2.05, 4.69) is 5.32 Å². The van der Waals surface area contributed by atoms with Crippen LogP contribution >= 0.6 is 0 Å². The van der Waals surface area contributed by atoms with Gasteiger partial charge >= 0.3 is 5.97 Å². The summed E-state index contributed by atoms with van der Waals surface area (Å²) in [5.41, 5.74) is -0.355. The maximum atomic E-state index is 10.7. The van der Waals surface area contributed by atoms with Crippen molar-refractivity contribution < 1.29 is 14.6 Å². The molecule has 11 heavy (non-hydrogen) atoms. The Balaban J connectivity index is 2.13. The van der Waals surface area contributed by atoms with Crippen LogP contribution < -0.4 is 5.32 Å². The molecule has 0 aliphatic carbocycles. The second kappa shape index (κ2) is 2.19. The lowest BCUT2D eigenvalue weighted by Gasteiger charge is -2.41. The first kappa shape index (κ1) is 7.06. The molecule has 0 unspecified atom stereocenters. The molecule has 2 fully saturated rings. The van der Waals surface area contributed by atoms with E-state index in [0.717, 1.165) is 0 Å². The Kier molecular flexibility index (Phi) is 1.40. The largest absolute Gasteiger partial charge is 0.481 e. The molecule has 4 nitrogen and oxygen atoms in total. The highest BCUT2D eigenvalue weighted by molar-refractivity contribution is 5.72.